The first kappa shape index (κ1) is 24.7. The highest BCUT2D eigenvalue weighted by Crippen LogP contribution is 2.40. The smallest absolute Gasteiger partial charge is 0.0750 e. The zero-order chi connectivity index (χ0) is 22.1. The van der Waals surface area contributed by atoms with E-state index < -0.39 is 0 Å². The number of rotatable bonds is 8. The Bertz CT molecular complexity index is 862. The largest absolute Gasteiger partial charge is 0.373 e. The van der Waals surface area contributed by atoms with Crippen LogP contribution in [0.4, 0.5) is 0 Å². The molecule has 0 N–H and O–H groups in total. The third kappa shape index (κ3) is 7.61. The Labute approximate surface area is 192 Å². The first-order valence-corrected chi connectivity index (χ1v) is 11.4. The summed E-state index contributed by atoms with van der Waals surface area (Å²) in [6.07, 6.45) is 16.7. The Morgan fingerprint density at radius 2 is 1.80 bits per heavy atom. The molecule has 1 nitrogen and oxygen atoms in total. The van der Waals surface area contributed by atoms with Crippen molar-refractivity contribution >= 4 is 23.2 Å². The van der Waals surface area contributed by atoms with Crippen LogP contribution in [0.2, 0.25) is 10.0 Å². The van der Waals surface area contributed by atoms with Gasteiger partial charge in [-0.05, 0) is 63.2 Å². The first-order valence-electron chi connectivity index (χ1n) is 10.6. The molecule has 162 valence electrons. The van der Waals surface area contributed by atoms with Crippen molar-refractivity contribution in [2.24, 2.45) is 5.41 Å². The van der Waals surface area contributed by atoms with Crippen LogP contribution in [0.15, 0.2) is 76.9 Å². The summed E-state index contributed by atoms with van der Waals surface area (Å²) in [5.41, 5.74) is 6.53. The van der Waals surface area contributed by atoms with Gasteiger partial charge in [-0.2, -0.15) is 0 Å². The van der Waals surface area contributed by atoms with Gasteiger partial charge in [-0.1, -0.05) is 96.3 Å². The van der Waals surface area contributed by atoms with Crippen molar-refractivity contribution in [1.29, 1.82) is 0 Å². The van der Waals surface area contributed by atoms with E-state index >= 15 is 0 Å². The first-order chi connectivity index (χ1) is 14.2. The summed E-state index contributed by atoms with van der Waals surface area (Å²) in [7, 11) is 0. The van der Waals surface area contributed by atoms with Gasteiger partial charge in [0, 0.05) is 15.6 Å². The van der Waals surface area contributed by atoms with E-state index in [0.717, 1.165) is 11.1 Å². The van der Waals surface area contributed by atoms with E-state index in [1.54, 1.807) is 0 Å². The van der Waals surface area contributed by atoms with Crippen LogP contribution in [-0.4, -0.2) is 6.61 Å². The fourth-order valence-corrected chi connectivity index (χ4v) is 4.23. The second-order valence-corrected chi connectivity index (χ2v) is 9.51. The highest BCUT2D eigenvalue weighted by molar-refractivity contribution is 6.35. The van der Waals surface area contributed by atoms with Crippen molar-refractivity contribution in [3.05, 3.63) is 92.6 Å². The Hall–Kier alpha value is -1.54. The van der Waals surface area contributed by atoms with Crippen molar-refractivity contribution in [3.63, 3.8) is 0 Å². The summed E-state index contributed by atoms with van der Waals surface area (Å²) in [5.74, 6) is 0. The van der Waals surface area contributed by atoms with Crippen LogP contribution in [0.3, 0.4) is 0 Å². The fourth-order valence-electron chi connectivity index (χ4n) is 3.72. The summed E-state index contributed by atoms with van der Waals surface area (Å²) in [5, 5.41) is 1.28. The maximum absolute atomic E-state index is 6.16. The number of halogens is 2. The SMILES string of the molecule is CC(C=CC1=C(C)CCCC1(C)C)=CC=CC(C)=CCOCc1c(Cl)cccc1Cl. The molecule has 0 bridgehead atoms. The second kappa shape index (κ2) is 11.7. The molecule has 0 amide bonds. The molecule has 0 unspecified atom stereocenters. The molecule has 0 heterocycles. The molecule has 0 spiro atoms. The Balaban J connectivity index is 1.86. The van der Waals surface area contributed by atoms with Crippen molar-refractivity contribution in [2.45, 2.75) is 60.5 Å². The van der Waals surface area contributed by atoms with Crippen LogP contribution in [0, 0.1) is 5.41 Å². The lowest BCUT2D eigenvalue weighted by molar-refractivity contribution is 0.148. The molecule has 1 aliphatic carbocycles. The van der Waals surface area contributed by atoms with Crippen molar-refractivity contribution in [2.75, 3.05) is 6.61 Å². The molecule has 3 heteroatoms. The minimum atomic E-state index is 0.280. The minimum Gasteiger partial charge on any atom is -0.373 e. The quantitative estimate of drug-likeness (QED) is 0.286. The molecule has 1 aliphatic rings. The number of ether oxygens (including phenoxy) is 1. The lowest BCUT2D eigenvalue weighted by atomic mass is 9.72. The molecule has 0 fully saturated rings. The maximum Gasteiger partial charge on any atom is 0.0750 e. The fraction of sp³-hybridized carbons (Fsp3) is 0.407. The molecule has 0 saturated heterocycles. The lowest BCUT2D eigenvalue weighted by Gasteiger charge is -2.32. The Morgan fingerprint density at radius 3 is 2.47 bits per heavy atom. The lowest BCUT2D eigenvalue weighted by Crippen LogP contribution is -2.19. The monoisotopic (exact) mass is 444 g/mol. The molecule has 0 aromatic heterocycles. The zero-order valence-corrected chi connectivity index (χ0v) is 20.4. The van der Waals surface area contributed by atoms with Gasteiger partial charge in [0.1, 0.15) is 0 Å². The zero-order valence-electron chi connectivity index (χ0n) is 18.9. The second-order valence-electron chi connectivity index (χ2n) is 8.70. The van der Waals surface area contributed by atoms with E-state index in [1.165, 1.54) is 36.0 Å². The predicted molar refractivity (Wildman–Crippen MR) is 132 cm³/mol. The molecule has 0 radical (unpaired) electrons. The maximum atomic E-state index is 6.16. The van der Waals surface area contributed by atoms with Crippen LogP contribution in [-0.2, 0) is 11.3 Å². The number of allylic oxidation sites excluding steroid dienone is 9. The molecule has 30 heavy (non-hydrogen) atoms. The van der Waals surface area contributed by atoms with E-state index in [2.05, 4.69) is 71.1 Å². The summed E-state index contributed by atoms with van der Waals surface area (Å²) >= 11 is 12.3. The van der Waals surface area contributed by atoms with E-state index in [9.17, 15) is 0 Å². The predicted octanol–water partition coefficient (Wildman–Crippen LogP) is 9.04. The van der Waals surface area contributed by atoms with Gasteiger partial charge in [-0.3, -0.25) is 0 Å². The summed E-state index contributed by atoms with van der Waals surface area (Å²) in [4.78, 5) is 0. The van der Waals surface area contributed by atoms with Crippen LogP contribution >= 0.6 is 23.2 Å². The highest BCUT2D eigenvalue weighted by Gasteiger charge is 2.26. The van der Waals surface area contributed by atoms with E-state index in [-0.39, 0.29) is 5.41 Å². The van der Waals surface area contributed by atoms with Crippen molar-refractivity contribution < 1.29 is 4.74 Å². The summed E-state index contributed by atoms with van der Waals surface area (Å²) < 4.78 is 5.70. The third-order valence-electron chi connectivity index (χ3n) is 5.60. The molecule has 1 aromatic rings. The molecular weight excluding hydrogens is 411 g/mol. The molecule has 0 atom stereocenters. The Kier molecular flexibility index (Phi) is 9.68. The van der Waals surface area contributed by atoms with Gasteiger partial charge >= 0.3 is 0 Å². The van der Waals surface area contributed by atoms with Gasteiger partial charge in [0.05, 0.1) is 13.2 Å². The van der Waals surface area contributed by atoms with Crippen LogP contribution < -0.4 is 0 Å². The highest BCUT2D eigenvalue weighted by atomic mass is 35.5. The van der Waals surface area contributed by atoms with E-state index in [1.807, 2.05) is 18.2 Å². The van der Waals surface area contributed by atoms with Crippen LogP contribution in [0.25, 0.3) is 0 Å². The molecule has 2 rings (SSSR count). The summed E-state index contributed by atoms with van der Waals surface area (Å²) in [6, 6.07) is 5.49. The number of benzene rings is 1. The topological polar surface area (TPSA) is 9.23 Å². The van der Waals surface area contributed by atoms with Crippen molar-refractivity contribution in [1.82, 2.24) is 0 Å². The van der Waals surface area contributed by atoms with Crippen LogP contribution in [0.1, 0.15) is 59.4 Å². The van der Waals surface area contributed by atoms with Crippen LogP contribution in [0.5, 0.6) is 0 Å². The standard InChI is InChI=1S/C27H34Cl2O/c1-20(14-15-24-22(3)11-8-17-27(24,4)5)9-6-10-21(2)16-18-30-19-23-25(28)12-7-13-26(23)29/h6-7,9-10,12-16H,8,11,17-19H2,1-5H3. The third-order valence-corrected chi connectivity index (χ3v) is 6.31. The number of hydrogen-bond donors (Lipinski definition) is 0. The molecule has 0 saturated carbocycles. The summed E-state index contributed by atoms with van der Waals surface area (Å²) in [6.45, 7) is 12.1. The van der Waals surface area contributed by atoms with Gasteiger partial charge in [-0.25, -0.2) is 0 Å². The van der Waals surface area contributed by atoms with Gasteiger partial charge in [0.25, 0.3) is 0 Å². The van der Waals surface area contributed by atoms with E-state index in [0.29, 0.717) is 23.3 Å². The molecular formula is C27H34Cl2O. The average molecular weight is 445 g/mol. The van der Waals surface area contributed by atoms with Crippen molar-refractivity contribution in [3.8, 4) is 0 Å². The van der Waals surface area contributed by atoms with Gasteiger partial charge in [0.2, 0.25) is 0 Å². The van der Waals surface area contributed by atoms with Gasteiger partial charge in [-0.15, -0.1) is 0 Å². The Morgan fingerprint density at radius 1 is 1.10 bits per heavy atom. The number of hydrogen-bond acceptors (Lipinski definition) is 1. The molecule has 1 aromatic carbocycles. The van der Waals surface area contributed by atoms with Gasteiger partial charge in [0.15, 0.2) is 0 Å². The van der Waals surface area contributed by atoms with E-state index in [4.69, 9.17) is 27.9 Å². The normalized spacial score (nSPS) is 18.1. The van der Waals surface area contributed by atoms with Gasteiger partial charge < -0.3 is 4.74 Å². The average Bonchev–Trinajstić information content (AvgIpc) is 2.66. The molecule has 0 aliphatic heterocycles. The minimum absolute atomic E-state index is 0.280.